The molecule has 0 spiro atoms. The maximum Gasteiger partial charge on any atom is 0.255 e. The van der Waals surface area contributed by atoms with Gasteiger partial charge >= 0.3 is 0 Å². The van der Waals surface area contributed by atoms with Gasteiger partial charge in [-0.2, -0.15) is 0 Å². The predicted octanol–water partition coefficient (Wildman–Crippen LogP) is 5.70. The summed E-state index contributed by atoms with van der Waals surface area (Å²) in [4.78, 5) is 16.8. The van der Waals surface area contributed by atoms with E-state index in [2.05, 4.69) is 10.3 Å². The Labute approximate surface area is 164 Å². The fourth-order valence-corrected chi connectivity index (χ4v) is 3.25. The lowest BCUT2D eigenvalue weighted by atomic mass is 10.1. The Hall–Kier alpha value is -2.89. The lowest BCUT2D eigenvalue weighted by molar-refractivity contribution is 0.102. The second-order valence-electron chi connectivity index (χ2n) is 5.91. The van der Waals surface area contributed by atoms with E-state index in [1.807, 2.05) is 18.3 Å². The third-order valence-electron chi connectivity index (χ3n) is 4.00. The molecule has 27 heavy (non-hydrogen) atoms. The maximum atomic E-state index is 13.0. The molecule has 4 rings (SSSR count). The average molecular weight is 400 g/mol. The minimum atomic E-state index is -0.390. The molecule has 2 aromatic heterocycles. The number of nitrogens with zero attached hydrogens (tertiary/aromatic N) is 2. The van der Waals surface area contributed by atoms with Crippen molar-refractivity contribution in [3.63, 3.8) is 0 Å². The van der Waals surface area contributed by atoms with Crippen molar-refractivity contribution in [1.29, 1.82) is 0 Å². The van der Waals surface area contributed by atoms with Gasteiger partial charge in [0.1, 0.15) is 5.82 Å². The number of rotatable bonds is 3. The lowest BCUT2D eigenvalue weighted by Crippen LogP contribution is -2.11. The van der Waals surface area contributed by atoms with Crippen LogP contribution in [0.25, 0.3) is 16.9 Å². The summed E-state index contributed by atoms with van der Waals surface area (Å²) in [5.41, 5.74) is 3.07. The van der Waals surface area contributed by atoms with Crippen molar-refractivity contribution in [2.45, 2.75) is 0 Å². The molecule has 2 heterocycles. The van der Waals surface area contributed by atoms with Crippen molar-refractivity contribution >= 4 is 40.4 Å². The van der Waals surface area contributed by atoms with Crippen LogP contribution in [-0.2, 0) is 0 Å². The van der Waals surface area contributed by atoms with Crippen molar-refractivity contribution in [1.82, 2.24) is 9.38 Å². The normalized spacial score (nSPS) is 10.9. The molecule has 1 N–H and O–H groups in total. The zero-order valence-corrected chi connectivity index (χ0v) is 15.3. The molecule has 4 aromatic rings. The number of pyridine rings is 1. The van der Waals surface area contributed by atoms with Crippen LogP contribution < -0.4 is 5.32 Å². The van der Waals surface area contributed by atoms with Gasteiger partial charge in [0.05, 0.1) is 15.7 Å². The second kappa shape index (κ2) is 7.02. The van der Waals surface area contributed by atoms with E-state index in [4.69, 9.17) is 23.2 Å². The van der Waals surface area contributed by atoms with Crippen LogP contribution in [0.2, 0.25) is 10.0 Å². The third-order valence-corrected chi connectivity index (χ3v) is 4.48. The van der Waals surface area contributed by atoms with Crippen LogP contribution in [0.15, 0.2) is 67.0 Å². The van der Waals surface area contributed by atoms with Crippen LogP contribution >= 0.6 is 23.2 Å². The van der Waals surface area contributed by atoms with Gasteiger partial charge in [0.2, 0.25) is 0 Å². The molecule has 1 amide bonds. The predicted molar refractivity (Wildman–Crippen MR) is 105 cm³/mol. The molecular formula is C20H12Cl2FN3O. The Morgan fingerprint density at radius 3 is 2.59 bits per heavy atom. The quantitative estimate of drug-likeness (QED) is 0.480. The maximum absolute atomic E-state index is 13.0. The number of anilines is 1. The Morgan fingerprint density at radius 2 is 1.81 bits per heavy atom. The van der Waals surface area contributed by atoms with Crippen LogP contribution in [0.5, 0.6) is 0 Å². The highest BCUT2D eigenvalue weighted by atomic mass is 35.5. The summed E-state index contributed by atoms with van der Waals surface area (Å²) in [7, 11) is 0. The number of benzene rings is 2. The standard InChI is InChI=1S/C20H12Cl2FN3O/c21-14-9-17(22)19-25-18(11-26(19)10-14)13-2-1-3-16(8-13)24-20(27)12-4-6-15(23)7-5-12/h1-11H,(H,24,27). The van der Waals surface area contributed by atoms with Gasteiger partial charge in [-0.15, -0.1) is 0 Å². The summed E-state index contributed by atoms with van der Waals surface area (Å²) >= 11 is 12.2. The first-order valence-corrected chi connectivity index (χ1v) is 8.76. The number of imidazole rings is 1. The van der Waals surface area contributed by atoms with Gasteiger partial charge in [-0.25, -0.2) is 9.37 Å². The van der Waals surface area contributed by atoms with Crippen molar-refractivity contribution in [3.05, 3.63) is 88.4 Å². The summed E-state index contributed by atoms with van der Waals surface area (Å²) < 4.78 is 14.8. The van der Waals surface area contributed by atoms with E-state index in [0.29, 0.717) is 32.6 Å². The molecule has 0 radical (unpaired) electrons. The highest BCUT2D eigenvalue weighted by Crippen LogP contribution is 2.27. The number of hydrogen-bond acceptors (Lipinski definition) is 2. The number of halogens is 3. The highest BCUT2D eigenvalue weighted by Gasteiger charge is 2.11. The zero-order chi connectivity index (χ0) is 19.0. The first kappa shape index (κ1) is 17.5. The number of carbonyl (C=O) groups excluding carboxylic acids is 1. The van der Waals surface area contributed by atoms with Gasteiger partial charge in [0.25, 0.3) is 5.91 Å². The van der Waals surface area contributed by atoms with Gasteiger partial charge in [0.15, 0.2) is 5.65 Å². The number of fused-ring (bicyclic) bond motifs is 1. The SMILES string of the molecule is O=C(Nc1cccc(-c2cn3cc(Cl)cc(Cl)c3n2)c1)c1ccc(F)cc1. The molecule has 7 heteroatoms. The molecule has 0 aliphatic carbocycles. The minimum absolute atomic E-state index is 0.322. The Kier molecular flexibility index (Phi) is 4.56. The smallest absolute Gasteiger partial charge is 0.255 e. The van der Waals surface area contributed by atoms with Gasteiger partial charge in [0, 0.05) is 29.2 Å². The second-order valence-corrected chi connectivity index (χ2v) is 6.75. The number of hydrogen-bond donors (Lipinski definition) is 1. The topological polar surface area (TPSA) is 46.4 Å². The van der Waals surface area contributed by atoms with E-state index < -0.39 is 0 Å². The molecule has 0 saturated heterocycles. The van der Waals surface area contributed by atoms with E-state index in [9.17, 15) is 9.18 Å². The fourth-order valence-electron chi connectivity index (χ4n) is 2.72. The number of amides is 1. The summed E-state index contributed by atoms with van der Waals surface area (Å²) in [6, 6.07) is 14.3. The average Bonchev–Trinajstić information content (AvgIpc) is 3.07. The largest absolute Gasteiger partial charge is 0.322 e. The number of carbonyl (C=O) groups is 1. The molecule has 0 fully saturated rings. The number of aromatic nitrogens is 2. The first-order valence-electron chi connectivity index (χ1n) is 8.01. The zero-order valence-electron chi connectivity index (χ0n) is 13.8. The third kappa shape index (κ3) is 3.65. The van der Waals surface area contributed by atoms with E-state index in [1.54, 1.807) is 28.8 Å². The van der Waals surface area contributed by atoms with Crippen molar-refractivity contribution in [2.75, 3.05) is 5.32 Å². The van der Waals surface area contributed by atoms with Crippen LogP contribution in [-0.4, -0.2) is 15.3 Å². The molecule has 0 aliphatic heterocycles. The van der Waals surface area contributed by atoms with Crippen molar-refractivity contribution < 1.29 is 9.18 Å². The fraction of sp³-hybridized carbons (Fsp3) is 0. The molecule has 0 saturated carbocycles. The van der Waals surface area contributed by atoms with Gasteiger partial charge in [-0.1, -0.05) is 35.3 Å². The lowest BCUT2D eigenvalue weighted by Gasteiger charge is -2.06. The summed E-state index contributed by atoms with van der Waals surface area (Å²) in [5, 5.41) is 3.76. The molecule has 0 bridgehead atoms. The van der Waals surface area contributed by atoms with Crippen LogP contribution in [0.4, 0.5) is 10.1 Å². The van der Waals surface area contributed by atoms with E-state index >= 15 is 0 Å². The molecular weight excluding hydrogens is 388 g/mol. The van der Waals surface area contributed by atoms with Crippen LogP contribution in [0.3, 0.4) is 0 Å². The molecule has 2 aromatic carbocycles. The Balaban J connectivity index is 1.63. The van der Waals surface area contributed by atoms with Crippen LogP contribution in [0.1, 0.15) is 10.4 Å². The van der Waals surface area contributed by atoms with Gasteiger partial charge in [-0.3, -0.25) is 4.79 Å². The number of nitrogens with one attached hydrogen (secondary N) is 1. The summed E-state index contributed by atoms with van der Waals surface area (Å²) in [5.74, 6) is -0.712. The molecule has 0 atom stereocenters. The first-order chi connectivity index (χ1) is 13.0. The van der Waals surface area contributed by atoms with E-state index in [-0.39, 0.29) is 11.7 Å². The van der Waals surface area contributed by atoms with E-state index in [1.165, 1.54) is 24.3 Å². The van der Waals surface area contributed by atoms with Crippen molar-refractivity contribution in [2.24, 2.45) is 0 Å². The summed E-state index contributed by atoms with van der Waals surface area (Å²) in [6.45, 7) is 0. The van der Waals surface area contributed by atoms with Gasteiger partial charge < -0.3 is 9.72 Å². The minimum Gasteiger partial charge on any atom is -0.322 e. The Bertz CT molecular complexity index is 1160. The molecule has 0 unspecified atom stereocenters. The van der Waals surface area contributed by atoms with Crippen LogP contribution in [0, 0.1) is 5.82 Å². The molecule has 0 aliphatic rings. The Morgan fingerprint density at radius 1 is 1.04 bits per heavy atom. The highest BCUT2D eigenvalue weighted by molar-refractivity contribution is 6.36. The monoisotopic (exact) mass is 399 g/mol. The van der Waals surface area contributed by atoms with E-state index in [0.717, 1.165) is 5.56 Å². The van der Waals surface area contributed by atoms with Gasteiger partial charge in [-0.05, 0) is 42.5 Å². The molecule has 134 valence electrons. The molecule has 4 nitrogen and oxygen atoms in total. The summed E-state index contributed by atoms with van der Waals surface area (Å²) in [6.07, 6.45) is 3.54. The van der Waals surface area contributed by atoms with Crippen molar-refractivity contribution in [3.8, 4) is 11.3 Å².